The monoisotopic (exact) mass is 417 g/mol. The van der Waals surface area contributed by atoms with E-state index in [9.17, 15) is 9.59 Å². The number of aryl methyl sites for hydroxylation is 1. The summed E-state index contributed by atoms with van der Waals surface area (Å²) in [4.78, 5) is 24.8. The first-order valence-electron chi connectivity index (χ1n) is 10.1. The van der Waals surface area contributed by atoms with Crippen LogP contribution in [-0.2, 0) is 16.1 Å². The van der Waals surface area contributed by atoms with Gasteiger partial charge in [0.2, 0.25) is 0 Å². The van der Waals surface area contributed by atoms with E-state index in [2.05, 4.69) is 17.3 Å². The second kappa shape index (κ2) is 9.44. The van der Waals surface area contributed by atoms with Crippen molar-refractivity contribution in [2.24, 2.45) is 5.92 Å². The van der Waals surface area contributed by atoms with Crippen LogP contribution in [0.2, 0.25) is 5.02 Å². The first-order valence-corrected chi connectivity index (χ1v) is 10.5. The molecule has 1 amide bonds. The van der Waals surface area contributed by atoms with Crippen molar-refractivity contribution in [3.63, 3.8) is 0 Å². The van der Waals surface area contributed by atoms with Crippen LogP contribution in [0.25, 0.3) is 0 Å². The number of rotatable bonds is 6. The molecule has 0 bridgehead atoms. The van der Waals surface area contributed by atoms with E-state index in [0.29, 0.717) is 34.4 Å². The Hall–Kier alpha value is -2.34. The lowest BCUT2D eigenvalue weighted by Crippen LogP contribution is -2.42. The van der Waals surface area contributed by atoms with E-state index >= 15 is 0 Å². The predicted octanol–water partition coefficient (Wildman–Crippen LogP) is 4.05. The Balaban J connectivity index is 1.61. The zero-order valence-corrected chi connectivity index (χ0v) is 18.0. The molecule has 156 valence electrons. The Morgan fingerprint density at radius 1 is 1.24 bits per heavy atom. The maximum atomic E-state index is 12.6. The fourth-order valence-electron chi connectivity index (χ4n) is 3.92. The van der Waals surface area contributed by atoms with Gasteiger partial charge in [0.05, 0.1) is 17.9 Å². The third-order valence-corrected chi connectivity index (χ3v) is 6.02. The van der Waals surface area contributed by atoms with Crippen LogP contribution < -0.4 is 5.32 Å². The molecule has 0 unspecified atom stereocenters. The summed E-state index contributed by atoms with van der Waals surface area (Å²) in [7, 11) is 0. The van der Waals surface area contributed by atoms with Crippen molar-refractivity contribution < 1.29 is 14.3 Å². The quantitative estimate of drug-likeness (QED) is 0.719. The molecule has 2 atom stereocenters. The van der Waals surface area contributed by atoms with Gasteiger partial charge in [-0.25, -0.2) is 4.79 Å². The van der Waals surface area contributed by atoms with Crippen LogP contribution in [-0.4, -0.2) is 34.3 Å². The zero-order valence-electron chi connectivity index (χ0n) is 17.2. The van der Waals surface area contributed by atoms with Crippen LogP contribution in [0.1, 0.15) is 59.9 Å². The molecule has 7 heteroatoms. The second-order valence-electron chi connectivity index (χ2n) is 7.81. The number of halogens is 1. The fourth-order valence-corrected chi connectivity index (χ4v) is 4.11. The first kappa shape index (κ1) is 21.4. The highest BCUT2D eigenvalue weighted by Gasteiger charge is 2.25. The molecule has 6 nitrogen and oxygen atoms in total. The van der Waals surface area contributed by atoms with Crippen molar-refractivity contribution in [1.29, 1.82) is 0 Å². The van der Waals surface area contributed by atoms with Gasteiger partial charge in [-0.1, -0.05) is 49.6 Å². The van der Waals surface area contributed by atoms with Gasteiger partial charge < -0.3 is 10.1 Å². The fraction of sp³-hybridized carbons (Fsp3) is 0.500. The summed E-state index contributed by atoms with van der Waals surface area (Å²) in [5.74, 6) is -0.330. The number of hydrogen-bond donors (Lipinski definition) is 1. The molecule has 0 spiro atoms. The van der Waals surface area contributed by atoms with E-state index in [0.717, 1.165) is 24.8 Å². The molecule has 1 saturated carbocycles. The van der Waals surface area contributed by atoms with Gasteiger partial charge in [0.25, 0.3) is 5.91 Å². The Labute approximate surface area is 176 Å². The first-order chi connectivity index (χ1) is 13.9. The lowest BCUT2D eigenvalue weighted by Gasteiger charge is -2.29. The predicted molar refractivity (Wildman–Crippen MR) is 112 cm³/mol. The number of aromatic nitrogens is 2. The maximum Gasteiger partial charge on any atom is 0.342 e. The third-order valence-electron chi connectivity index (χ3n) is 5.66. The number of amides is 1. The summed E-state index contributed by atoms with van der Waals surface area (Å²) in [6.07, 6.45) is 4.43. The minimum Gasteiger partial charge on any atom is -0.452 e. The second-order valence-corrected chi connectivity index (χ2v) is 8.21. The van der Waals surface area contributed by atoms with Crippen molar-refractivity contribution in [2.45, 2.75) is 59.0 Å². The van der Waals surface area contributed by atoms with Crippen molar-refractivity contribution in [3.05, 3.63) is 51.8 Å². The van der Waals surface area contributed by atoms with E-state index in [1.54, 1.807) is 11.6 Å². The van der Waals surface area contributed by atoms with Crippen LogP contribution in [0.15, 0.2) is 24.3 Å². The molecular weight excluding hydrogens is 390 g/mol. The highest BCUT2D eigenvalue weighted by molar-refractivity contribution is 6.31. The van der Waals surface area contributed by atoms with Gasteiger partial charge in [-0.2, -0.15) is 5.10 Å². The molecule has 2 aromatic rings. The van der Waals surface area contributed by atoms with E-state index in [1.807, 2.05) is 31.2 Å². The molecule has 29 heavy (non-hydrogen) atoms. The molecule has 0 saturated heterocycles. The normalized spacial score (nSPS) is 19.0. The van der Waals surface area contributed by atoms with Gasteiger partial charge in [-0.05, 0) is 44.2 Å². The van der Waals surface area contributed by atoms with Crippen molar-refractivity contribution in [1.82, 2.24) is 15.1 Å². The van der Waals surface area contributed by atoms with Crippen molar-refractivity contribution >= 4 is 23.5 Å². The Kier molecular flexibility index (Phi) is 6.96. The summed E-state index contributed by atoms with van der Waals surface area (Å²) < 4.78 is 7.02. The summed E-state index contributed by atoms with van der Waals surface area (Å²) in [5.41, 5.74) is 2.58. The Bertz CT molecular complexity index is 893. The topological polar surface area (TPSA) is 73.2 Å². The van der Waals surface area contributed by atoms with Gasteiger partial charge in [0.1, 0.15) is 5.56 Å². The molecule has 1 heterocycles. The van der Waals surface area contributed by atoms with Gasteiger partial charge >= 0.3 is 5.97 Å². The molecule has 0 radical (unpaired) electrons. The molecule has 1 aliphatic rings. The standard InChI is InChI=1S/C22H28ClN3O3/c1-14-8-4-7-11-19(14)24-20(27)13-29-22(28)21-15(2)25-26(16(21)3)12-17-9-5-6-10-18(17)23/h5-6,9-10,14,19H,4,7-8,11-13H2,1-3H3,(H,24,27)/t14-,19+/m1/s1. The lowest BCUT2D eigenvalue weighted by molar-refractivity contribution is -0.125. The van der Waals surface area contributed by atoms with Gasteiger partial charge in [0.15, 0.2) is 6.61 Å². The number of hydrogen-bond acceptors (Lipinski definition) is 4. The highest BCUT2D eigenvalue weighted by Crippen LogP contribution is 2.24. The van der Waals surface area contributed by atoms with Crippen LogP contribution in [0.3, 0.4) is 0 Å². The SMILES string of the molecule is Cc1nn(Cc2ccccc2Cl)c(C)c1C(=O)OCC(=O)N[C@H]1CCCC[C@H]1C. The van der Waals surface area contributed by atoms with E-state index in [1.165, 1.54) is 6.42 Å². The zero-order chi connectivity index (χ0) is 21.0. The summed E-state index contributed by atoms with van der Waals surface area (Å²) in [6.45, 7) is 5.90. The van der Waals surface area contributed by atoms with Gasteiger partial charge in [0, 0.05) is 11.1 Å². The minimum absolute atomic E-state index is 0.164. The van der Waals surface area contributed by atoms with Crippen molar-refractivity contribution in [3.8, 4) is 0 Å². The van der Waals surface area contributed by atoms with Gasteiger partial charge in [-0.3, -0.25) is 9.48 Å². The Morgan fingerprint density at radius 3 is 2.69 bits per heavy atom. The number of carbonyl (C=O) groups is 2. The summed E-state index contributed by atoms with van der Waals surface area (Å²) >= 11 is 6.23. The van der Waals surface area contributed by atoms with E-state index in [4.69, 9.17) is 16.3 Å². The van der Waals surface area contributed by atoms with Crippen molar-refractivity contribution in [2.75, 3.05) is 6.61 Å². The maximum absolute atomic E-state index is 12.6. The molecule has 1 aliphatic carbocycles. The lowest BCUT2D eigenvalue weighted by atomic mass is 9.86. The molecule has 0 aliphatic heterocycles. The minimum atomic E-state index is -0.530. The van der Waals surface area contributed by atoms with Crippen LogP contribution in [0, 0.1) is 19.8 Å². The average Bonchev–Trinajstić information content (AvgIpc) is 2.97. The third kappa shape index (κ3) is 5.18. The van der Waals surface area contributed by atoms with E-state index in [-0.39, 0.29) is 18.6 Å². The largest absolute Gasteiger partial charge is 0.452 e. The molecule has 1 N–H and O–H groups in total. The highest BCUT2D eigenvalue weighted by atomic mass is 35.5. The number of carbonyl (C=O) groups excluding carboxylic acids is 2. The van der Waals surface area contributed by atoms with Crippen LogP contribution in [0.5, 0.6) is 0 Å². The average molecular weight is 418 g/mol. The number of benzene rings is 1. The van der Waals surface area contributed by atoms with E-state index < -0.39 is 5.97 Å². The molecule has 1 fully saturated rings. The number of ether oxygens (including phenoxy) is 1. The molecule has 1 aromatic heterocycles. The smallest absolute Gasteiger partial charge is 0.342 e. The number of nitrogens with one attached hydrogen (secondary N) is 1. The number of nitrogens with zero attached hydrogens (tertiary/aromatic N) is 2. The molecule has 3 rings (SSSR count). The summed E-state index contributed by atoms with van der Waals surface area (Å²) in [6, 6.07) is 7.69. The van der Waals surface area contributed by atoms with Crippen LogP contribution >= 0.6 is 11.6 Å². The molecular formula is C22H28ClN3O3. The number of esters is 1. The summed E-state index contributed by atoms with van der Waals surface area (Å²) in [5, 5.41) is 8.10. The van der Waals surface area contributed by atoms with Gasteiger partial charge in [-0.15, -0.1) is 0 Å². The van der Waals surface area contributed by atoms with Crippen LogP contribution in [0.4, 0.5) is 0 Å². The Morgan fingerprint density at radius 2 is 1.97 bits per heavy atom. The molecule has 1 aromatic carbocycles.